The number of nitrogens with one attached hydrogen (secondary N) is 1. The second kappa shape index (κ2) is 7.08. The van der Waals surface area contributed by atoms with Crippen LogP contribution in [0.3, 0.4) is 0 Å². The van der Waals surface area contributed by atoms with Gasteiger partial charge in [0.1, 0.15) is 0 Å². The average molecular weight is 266 g/mol. The quantitative estimate of drug-likeness (QED) is 0.839. The summed E-state index contributed by atoms with van der Waals surface area (Å²) in [6, 6.07) is 0.832. The molecule has 0 aromatic rings. The highest BCUT2D eigenvalue weighted by molar-refractivity contribution is 4.87. The van der Waals surface area contributed by atoms with Crippen LogP contribution in [0.2, 0.25) is 0 Å². The Hall–Kier alpha value is -0.0800. The monoisotopic (exact) mass is 266 g/mol. The van der Waals surface area contributed by atoms with Crippen molar-refractivity contribution >= 4 is 0 Å². The second-order valence-corrected chi connectivity index (χ2v) is 7.53. The van der Waals surface area contributed by atoms with Gasteiger partial charge in [0.15, 0.2) is 0 Å². The van der Waals surface area contributed by atoms with Gasteiger partial charge in [0.05, 0.1) is 0 Å². The smallest absolute Gasteiger partial charge is 0.0126 e. The number of rotatable bonds is 4. The molecule has 0 spiro atoms. The highest BCUT2D eigenvalue weighted by atomic mass is 15.1. The lowest BCUT2D eigenvalue weighted by molar-refractivity contribution is 0.0632. The summed E-state index contributed by atoms with van der Waals surface area (Å²) in [5, 5.41) is 3.48. The summed E-state index contributed by atoms with van der Waals surface area (Å²) in [5.41, 5.74) is 0. The van der Waals surface area contributed by atoms with Gasteiger partial charge < -0.3 is 10.2 Å². The molecule has 1 aliphatic heterocycles. The summed E-state index contributed by atoms with van der Waals surface area (Å²) in [7, 11) is 2.39. The summed E-state index contributed by atoms with van der Waals surface area (Å²) in [5.74, 6) is 3.61. The first kappa shape index (κ1) is 15.3. The van der Waals surface area contributed by atoms with E-state index in [0.717, 1.165) is 29.7 Å². The fourth-order valence-electron chi connectivity index (χ4n) is 4.27. The molecular formula is C17H34N2. The highest BCUT2D eigenvalue weighted by Gasteiger charge is 2.33. The van der Waals surface area contributed by atoms with Gasteiger partial charge in [-0.1, -0.05) is 27.2 Å². The standard InChI is InChI=1S/C17H34N2/c1-13(2)16-6-5-14(3)11-17(16)19(4)12-15-7-9-18-10-8-15/h13-18H,5-12H2,1-4H3. The lowest BCUT2D eigenvalue weighted by Crippen LogP contribution is -2.46. The molecule has 2 aliphatic rings. The van der Waals surface area contributed by atoms with Crippen molar-refractivity contribution in [2.75, 3.05) is 26.7 Å². The molecule has 1 heterocycles. The van der Waals surface area contributed by atoms with E-state index in [1.807, 2.05) is 0 Å². The van der Waals surface area contributed by atoms with Crippen LogP contribution < -0.4 is 5.32 Å². The van der Waals surface area contributed by atoms with Crippen molar-refractivity contribution in [3.8, 4) is 0 Å². The van der Waals surface area contributed by atoms with Gasteiger partial charge in [-0.3, -0.25) is 0 Å². The average Bonchev–Trinajstić information content (AvgIpc) is 2.39. The summed E-state index contributed by atoms with van der Waals surface area (Å²) in [6.07, 6.45) is 7.06. The van der Waals surface area contributed by atoms with Crippen LogP contribution in [-0.2, 0) is 0 Å². The van der Waals surface area contributed by atoms with Crippen LogP contribution in [0.25, 0.3) is 0 Å². The van der Waals surface area contributed by atoms with Crippen LogP contribution in [0, 0.1) is 23.7 Å². The molecule has 3 unspecified atom stereocenters. The molecule has 1 saturated heterocycles. The van der Waals surface area contributed by atoms with Gasteiger partial charge in [-0.05, 0) is 69.5 Å². The molecule has 1 N–H and O–H groups in total. The minimum absolute atomic E-state index is 0.832. The molecule has 0 bridgehead atoms. The van der Waals surface area contributed by atoms with E-state index in [-0.39, 0.29) is 0 Å². The predicted octanol–water partition coefficient (Wildman–Crippen LogP) is 3.38. The van der Waals surface area contributed by atoms with Crippen molar-refractivity contribution < 1.29 is 0 Å². The Bertz CT molecular complexity index is 258. The van der Waals surface area contributed by atoms with Crippen molar-refractivity contribution in [3.63, 3.8) is 0 Å². The Labute approximate surface area is 120 Å². The number of piperidine rings is 1. The first-order valence-electron chi connectivity index (χ1n) is 8.49. The maximum atomic E-state index is 3.48. The minimum Gasteiger partial charge on any atom is -0.317 e. The van der Waals surface area contributed by atoms with Crippen LogP contribution in [0.5, 0.6) is 0 Å². The first-order chi connectivity index (χ1) is 9.08. The normalized spacial score (nSPS) is 34.1. The second-order valence-electron chi connectivity index (χ2n) is 7.53. The molecule has 0 aromatic heterocycles. The summed E-state index contributed by atoms with van der Waals surface area (Å²) in [6.45, 7) is 11.1. The summed E-state index contributed by atoms with van der Waals surface area (Å²) >= 11 is 0. The third kappa shape index (κ3) is 4.19. The van der Waals surface area contributed by atoms with Crippen molar-refractivity contribution in [1.82, 2.24) is 10.2 Å². The van der Waals surface area contributed by atoms with Gasteiger partial charge in [-0.25, -0.2) is 0 Å². The minimum atomic E-state index is 0.832. The lowest BCUT2D eigenvalue weighted by Gasteiger charge is -2.43. The van der Waals surface area contributed by atoms with Crippen LogP contribution in [0.4, 0.5) is 0 Å². The molecule has 2 rings (SSSR count). The Kier molecular flexibility index (Phi) is 5.70. The zero-order valence-corrected chi connectivity index (χ0v) is 13.5. The number of nitrogens with zero attached hydrogens (tertiary/aromatic N) is 1. The molecule has 2 fully saturated rings. The summed E-state index contributed by atoms with van der Waals surface area (Å²) in [4.78, 5) is 2.72. The maximum absolute atomic E-state index is 3.48. The molecule has 112 valence electrons. The van der Waals surface area contributed by atoms with Gasteiger partial charge >= 0.3 is 0 Å². The lowest BCUT2D eigenvalue weighted by atomic mass is 9.73. The fraction of sp³-hybridized carbons (Fsp3) is 1.00. The van der Waals surface area contributed by atoms with Gasteiger partial charge in [0.25, 0.3) is 0 Å². The molecule has 1 aliphatic carbocycles. The van der Waals surface area contributed by atoms with E-state index in [1.165, 1.54) is 51.7 Å². The Balaban J connectivity index is 1.91. The molecule has 1 saturated carbocycles. The molecular weight excluding hydrogens is 232 g/mol. The molecule has 2 heteroatoms. The number of hydrogen-bond acceptors (Lipinski definition) is 2. The van der Waals surface area contributed by atoms with Crippen molar-refractivity contribution in [2.24, 2.45) is 23.7 Å². The highest BCUT2D eigenvalue weighted by Crippen LogP contribution is 2.36. The Morgan fingerprint density at radius 3 is 2.42 bits per heavy atom. The molecule has 2 nitrogen and oxygen atoms in total. The zero-order valence-electron chi connectivity index (χ0n) is 13.5. The van der Waals surface area contributed by atoms with Crippen molar-refractivity contribution in [3.05, 3.63) is 0 Å². The van der Waals surface area contributed by atoms with E-state index in [4.69, 9.17) is 0 Å². The van der Waals surface area contributed by atoms with Gasteiger partial charge in [0, 0.05) is 12.6 Å². The van der Waals surface area contributed by atoms with E-state index in [0.29, 0.717) is 0 Å². The van der Waals surface area contributed by atoms with Crippen LogP contribution >= 0.6 is 0 Å². The van der Waals surface area contributed by atoms with Crippen molar-refractivity contribution in [1.29, 1.82) is 0 Å². The SMILES string of the molecule is CC1CCC(C(C)C)C(N(C)CC2CCNCC2)C1. The summed E-state index contributed by atoms with van der Waals surface area (Å²) < 4.78 is 0. The largest absolute Gasteiger partial charge is 0.317 e. The molecule has 19 heavy (non-hydrogen) atoms. The van der Waals surface area contributed by atoms with E-state index >= 15 is 0 Å². The molecule has 0 amide bonds. The van der Waals surface area contributed by atoms with Crippen molar-refractivity contribution in [2.45, 2.75) is 58.9 Å². The Morgan fingerprint density at radius 2 is 1.79 bits per heavy atom. The number of hydrogen-bond donors (Lipinski definition) is 1. The van der Waals surface area contributed by atoms with Crippen LogP contribution in [0.15, 0.2) is 0 Å². The van der Waals surface area contributed by atoms with Crippen LogP contribution in [0.1, 0.15) is 52.9 Å². The van der Waals surface area contributed by atoms with E-state index in [2.05, 4.69) is 38.0 Å². The third-order valence-electron chi connectivity index (χ3n) is 5.56. The van der Waals surface area contributed by atoms with Crippen LogP contribution in [-0.4, -0.2) is 37.6 Å². The van der Waals surface area contributed by atoms with E-state index < -0.39 is 0 Å². The predicted molar refractivity (Wildman–Crippen MR) is 83.4 cm³/mol. The topological polar surface area (TPSA) is 15.3 Å². The van der Waals surface area contributed by atoms with Gasteiger partial charge in [-0.15, -0.1) is 0 Å². The first-order valence-corrected chi connectivity index (χ1v) is 8.49. The molecule has 0 aromatic carbocycles. The van der Waals surface area contributed by atoms with Gasteiger partial charge in [-0.2, -0.15) is 0 Å². The molecule has 0 radical (unpaired) electrons. The maximum Gasteiger partial charge on any atom is 0.0126 e. The zero-order chi connectivity index (χ0) is 13.8. The van der Waals surface area contributed by atoms with Gasteiger partial charge in [0.2, 0.25) is 0 Å². The van der Waals surface area contributed by atoms with E-state index in [1.54, 1.807) is 0 Å². The van der Waals surface area contributed by atoms with E-state index in [9.17, 15) is 0 Å². The Morgan fingerprint density at radius 1 is 1.11 bits per heavy atom. The fourth-order valence-corrected chi connectivity index (χ4v) is 4.27. The molecule has 3 atom stereocenters. The third-order valence-corrected chi connectivity index (χ3v) is 5.56.